The quantitative estimate of drug-likeness (QED) is 0.332. The standard InChI is InChI=1S/C11H15N5O7S/c1-10-8(12)13-3-14-9(10)16(4-15-10)11(24(20,21)22)7(19)6(18)5(2-17)23-11/h3-7,12,17-19H,2H2,1H3,(H,20,21,22)/t5-,6-,7-,10?,11+/m1/s1. The van der Waals surface area contributed by atoms with Gasteiger partial charge in [-0.2, -0.15) is 8.42 Å². The van der Waals surface area contributed by atoms with Crippen LogP contribution < -0.4 is 0 Å². The number of ether oxygens (including phenoxy) is 1. The molecule has 13 heteroatoms. The average molecular weight is 361 g/mol. The van der Waals surface area contributed by atoms with E-state index in [2.05, 4.69) is 15.0 Å². The van der Waals surface area contributed by atoms with Crippen LogP contribution in [0, 0.1) is 5.41 Å². The molecule has 3 rings (SSSR count). The maximum Gasteiger partial charge on any atom is 0.318 e. The van der Waals surface area contributed by atoms with Crippen LogP contribution in [0.3, 0.4) is 0 Å². The van der Waals surface area contributed by atoms with Gasteiger partial charge < -0.3 is 20.1 Å². The molecule has 132 valence electrons. The Morgan fingerprint density at radius 3 is 2.67 bits per heavy atom. The fourth-order valence-electron chi connectivity index (χ4n) is 2.83. The summed E-state index contributed by atoms with van der Waals surface area (Å²) in [4.78, 5) is 12.3. The summed E-state index contributed by atoms with van der Waals surface area (Å²) in [5, 5.41) is 34.4. The van der Waals surface area contributed by atoms with Crippen LogP contribution in [0.2, 0.25) is 0 Å². The van der Waals surface area contributed by atoms with Crippen molar-refractivity contribution in [3.05, 3.63) is 0 Å². The number of nitrogens with zero attached hydrogens (tertiary/aromatic N) is 4. The maximum atomic E-state index is 12.1. The zero-order chi connectivity index (χ0) is 17.9. The van der Waals surface area contributed by atoms with E-state index in [1.54, 1.807) is 0 Å². The number of hydrogen-bond acceptors (Lipinski definition) is 10. The lowest BCUT2D eigenvalue weighted by Gasteiger charge is -2.38. The highest BCUT2D eigenvalue weighted by Crippen LogP contribution is 2.41. The number of aliphatic hydroxyl groups is 3. The van der Waals surface area contributed by atoms with Gasteiger partial charge in [0.15, 0.2) is 17.2 Å². The van der Waals surface area contributed by atoms with E-state index in [4.69, 9.17) is 10.1 Å². The van der Waals surface area contributed by atoms with Gasteiger partial charge in [-0.15, -0.1) is 0 Å². The Morgan fingerprint density at radius 2 is 2.12 bits per heavy atom. The first kappa shape index (κ1) is 17.1. The summed E-state index contributed by atoms with van der Waals surface area (Å²) in [5.74, 6) is -0.395. The molecule has 0 saturated carbocycles. The highest BCUT2D eigenvalue weighted by atomic mass is 32.2. The molecule has 24 heavy (non-hydrogen) atoms. The Kier molecular flexibility index (Phi) is 3.63. The van der Waals surface area contributed by atoms with Crippen LogP contribution in [0.1, 0.15) is 6.92 Å². The van der Waals surface area contributed by atoms with Crippen molar-refractivity contribution in [2.75, 3.05) is 6.61 Å². The second-order valence-corrected chi connectivity index (χ2v) is 7.15. The first-order valence-electron chi connectivity index (χ1n) is 6.76. The molecular weight excluding hydrogens is 346 g/mol. The fraction of sp³-hybridized carbons (Fsp3) is 0.636. The van der Waals surface area contributed by atoms with Crippen LogP contribution in [-0.4, -0.2) is 93.1 Å². The molecule has 3 aliphatic heterocycles. The summed E-state index contributed by atoms with van der Waals surface area (Å²) in [6.07, 6.45) is -3.51. The molecule has 3 heterocycles. The Hall–Kier alpha value is -1.77. The molecular formula is C11H15N5O7S. The Bertz CT molecular complexity index is 780. The number of aliphatic imine (C=N–C) groups is 3. The lowest BCUT2D eigenvalue weighted by Crippen LogP contribution is -2.64. The average Bonchev–Trinajstić information content (AvgIpc) is 2.98. The van der Waals surface area contributed by atoms with E-state index in [-0.39, 0.29) is 11.7 Å². The minimum atomic E-state index is -5.17. The van der Waals surface area contributed by atoms with Crippen molar-refractivity contribution < 1.29 is 33.0 Å². The summed E-state index contributed by atoms with van der Waals surface area (Å²) in [6.45, 7) is 0.627. The second kappa shape index (κ2) is 5.11. The number of aliphatic hydroxyl groups excluding tert-OH is 3. The van der Waals surface area contributed by atoms with Crippen LogP contribution in [0.5, 0.6) is 0 Å². The molecule has 0 aromatic carbocycles. The van der Waals surface area contributed by atoms with E-state index in [0.29, 0.717) is 0 Å². The van der Waals surface area contributed by atoms with E-state index in [1.807, 2.05) is 0 Å². The van der Waals surface area contributed by atoms with Crippen molar-refractivity contribution in [2.24, 2.45) is 15.0 Å². The normalized spacial score (nSPS) is 41.7. The lowest BCUT2D eigenvalue weighted by molar-refractivity contribution is -0.0862. The second-order valence-electron chi connectivity index (χ2n) is 5.61. The van der Waals surface area contributed by atoms with Crippen LogP contribution in [0.15, 0.2) is 15.0 Å². The van der Waals surface area contributed by atoms with Crippen molar-refractivity contribution in [1.29, 1.82) is 5.41 Å². The molecule has 1 fully saturated rings. The van der Waals surface area contributed by atoms with Gasteiger partial charge in [-0.1, -0.05) is 0 Å². The van der Waals surface area contributed by atoms with Crippen molar-refractivity contribution in [3.63, 3.8) is 0 Å². The molecule has 1 saturated heterocycles. The van der Waals surface area contributed by atoms with Gasteiger partial charge in [0, 0.05) is 0 Å². The van der Waals surface area contributed by atoms with Gasteiger partial charge in [-0.3, -0.25) is 19.9 Å². The van der Waals surface area contributed by atoms with Gasteiger partial charge in [-0.05, 0) is 6.92 Å². The zero-order valence-corrected chi connectivity index (χ0v) is 13.1. The number of fused-ring (bicyclic) bond motifs is 1. The molecule has 1 unspecified atom stereocenters. The van der Waals surface area contributed by atoms with Gasteiger partial charge in [0.1, 0.15) is 24.7 Å². The smallest absolute Gasteiger partial charge is 0.318 e. The molecule has 0 aromatic heterocycles. The monoisotopic (exact) mass is 361 g/mol. The number of amidine groups is 2. The van der Waals surface area contributed by atoms with Crippen molar-refractivity contribution in [1.82, 2.24) is 4.90 Å². The van der Waals surface area contributed by atoms with Crippen LogP contribution in [0.4, 0.5) is 0 Å². The molecule has 3 aliphatic rings. The van der Waals surface area contributed by atoms with Crippen molar-refractivity contribution >= 4 is 34.5 Å². The predicted molar refractivity (Wildman–Crippen MR) is 80.6 cm³/mol. The third-order valence-electron chi connectivity index (χ3n) is 4.21. The lowest BCUT2D eigenvalue weighted by atomic mass is 9.99. The topological polar surface area (TPSA) is 188 Å². The van der Waals surface area contributed by atoms with Crippen molar-refractivity contribution in [2.45, 2.75) is 35.8 Å². The van der Waals surface area contributed by atoms with Gasteiger partial charge in [0.2, 0.25) is 0 Å². The summed E-state index contributed by atoms with van der Waals surface area (Å²) < 4.78 is 39.0. The van der Waals surface area contributed by atoms with Crippen LogP contribution >= 0.6 is 0 Å². The number of nitrogens with one attached hydrogen (secondary N) is 1. The Morgan fingerprint density at radius 1 is 1.46 bits per heavy atom. The van der Waals surface area contributed by atoms with Gasteiger partial charge in [0.05, 0.1) is 12.9 Å². The molecule has 0 aromatic rings. The van der Waals surface area contributed by atoms with E-state index >= 15 is 0 Å². The minimum absolute atomic E-state index is 0.148. The largest absolute Gasteiger partial charge is 0.394 e. The zero-order valence-electron chi connectivity index (χ0n) is 12.3. The Balaban J connectivity index is 2.17. The Labute approximate surface area is 136 Å². The number of rotatable bonds is 3. The summed E-state index contributed by atoms with van der Waals surface area (Å²) in [5.41, 5.74) is -1.45. The summed E-state index contributed by atoms with van der Waals surface area (Å²) in [6, 6.07) is 0. The molecule has 5 atom stereocenters. The van der Waals surface area contributed by atoms with Crippen LogP contribution in [-0.2, 0) is 14.9 Å². The highest BCUT2D eigenvalue weighted by molar-refractivity contribution is 7.87. The van der Waals surface area contributed by atoms with Gasteiger partial charge >= 0.3 is 15.2 Å². The van der Waals surface area contributed by atoms with Gasteiger partial charge in [0.25, 0.3) is 0 Å². The van der Waals surface area contributed by atoms with Crippen LogP contribution in [0.25, 0.3) is 0 Å². The van der Waals surface area contributed by atoms with E-state index in [0.717, 1.165) is 17.6 Å². The molecule has 0 aliphatic carbocycles. The third-order valence-corrected chi connectivity index (χ3v) is 5.48. The molecule has 0 spiro atoms. The third kappa shape index (κ3) is 1.93. The van der Waals surface area contributed by atoms with E-state index in [1.165, 1.54) is 6.92 Å². The number of hydrogen-bond donors (Lipinski definition) is 5. The SMILES string of the molecule is CC12N=CN([C@]3(S(=O)(=O)O)O[C@H](CO)[C@@H](O)[C@H]3O)C1=NC=NC2=N. The van der Waals surface area contributed by atoms with E-state index < -0.39 is 45.6 Å². The minimum Gasteiger partial charge on any atom is -0.394 e. The van der Waals surface area contributed by atoms with E-state index in [9.17, 15) is 28.3 Å². The molecule has 12 nitrogen and oxygen atoms in total. The molecule has 5 N–H and O–H groups in total. The van der Waals surface area contributed by atoms with Crippen molar-refractivity contribution in [3.8, 4) is 0 Å². The molecule has 0 amide bonds. The maximum absolute atomic E-state index is 12.1. The fourth-order valence-corrected chi connectivity index (χ4v) is 3.90. The van der Waals surface area contributed by atoms with Gasteiger partial charge in [-0.25, -0.2) is 9.98 Å². The summed E-state index contributed by atoms with van der Waals surface area (Å²) >= 11 is 0. The first-order chi connectivity index (χ1) is 11.1. The molecule has 0 bridgehead atoms. The highest BCUT2D eigenvalue weighted by Gasteiger charge is 2.68. The predicted octanol–water partition coefficient (Wildman–Crippen LogP) is -2.84. The first-order valence-corrected chi connectivity index (χ1v) is 8.20. The molecule has 0 radical (unpaired) electrons. The summed E-state index contributed by atoms with van der Waals surface area (Å²) in [7, 11) is -5.17.